The van der Waals surface area contributed by atoms with Crippen molar-refractivity contribution in [2.75, 3.05) is 13.2 Å². The molecule has 0 saturated carbocycles. The molecule has 2 aromatic carbocycles. The van der Waals surface area contributed by atoms with Gasteiger partial charge in [0, 0.05) is 0 Å². The Morgan fingerprint density at radius 2 is 1.18 bits per heavy atom. The molecule has 1 fully saturated rings. The second-order valence-electron chi connectivity index (χ2n) is 10.1. The first-order chi connectivity index (χ1) is 18.7. The molecular weight excluding hydrogens is 499 g/mol. The van der Waals surface area contributed by atoms with Crippen LogP contribution in [-0.2, 0) is 18.6 Å². The first kappa shape index (κ1) is 30.7. The maximum Gasteiger partial charge on any atom is 0.587 e. The van der Waals surface area contributed by atoms with E-state index in [1.165, 1.54) is 77.0 Å². The molecule has 0 spiro atoms. The minimum absolute atomic E-state index is 0.0616. The molecule has 1 aliphatic rings. The van der Waals surface area contributed by atoms with E-state index in [1.54, 1.807) is 48.5 Å². The van der Waals surface area contributed by atoms with Gasteiger partial charge in [0.2, 0.25) is 0 Å². The van der Waals surface area contributed by atoms with Gasteiger partial charge in [0.05, 0.1) is 13.2 Å². The molecule has 6 nitrogen and oxygen atoms in total. The Hall–Kier alpha value is -1.85. The molecule has 0 bridgehead atoms. The van der Waals surface area contributed by atoms with Crippen molar-refractivity contribution in [3.05, 3.63) is 60.7 Å². The molecule has 1 aliphatic heterocycles. The van der Waals surface area contributed by atoms with Crippen LogP contribution in [0.4, 0.5) is 0 Å². The fourth-order valence-corrected chi connectivity index (χ4v) is 5.79. The fraction of sp³-hybridized carbons (Fsp3) is 0.613. The van der Waals surface area contributed by atoms with E-state index in [0.717, 1.165) is 12.8 Å². The van der Waals surface area contributed by atoms with E-state index in [-0.39, 0.29) is 19.0 Å². The van der Waals surface area contributed by atoms with E-state index in [9.17, 15) is 4.57 Å². The van der Waals surface area contributed by atoms with Crippen LogP contribution in [0.25, 0.3) is 0 Å². The van der Waals surface area contributed by atoms with Gasteiger partial charge in [-0.3, -0.25) is 4.52 Å². The molecule has 1 saturated heterocycles. The quantitative estimate of drug-likeness (QED) is 0.115. The van der Waals surface area contributed by atoms with E-state index in [4.69, 9.17) is 23.0 Å². The smallest absolute Gasteiger partial charge is 0.395 e. The van der Waals surface area contributed by atoms with Crippen molar-refractivity contribution >= 4 is 7.82 Å². The zero-order valence-corrected chi connectivity index (χ0v) is 24.0. The van der Waals surface area contributed by atoms with Crippen molar-refractivity contribution in [2.45, 2.75) is 109 Å². The van der Waals surface area contributed by atoms with Gasteiger partial charge in [0.15, 0.2) is 6.29 Å². The SMILES string of the molecule is CCCCCCCCCCCCCCC[C@@H]1OC[C@@H](COP(=O)(Oc2ccccc2)Oc2ccccc2)O1. The highest BCUT2D eigenvalue weighted by molar-refractivity contribution is 7.49. The number of para-hydroxylation sites is 2. The molecular formula is C31H47O6P. The number of unbranched alkanes of at least 4 members (excludes halogenated alkanes) is 12. The Morgan fingerprint density at radius 1 is 0.711 bits per heavy atom. The molecule has 0 aliphatic carbocycles. The van der Waals surface area contributed by atoms with E-state index in [2.05, 4.69) is 6.92 Å². The molecule has 3 rings (SSSR count). The van der Waals surface area contributed by atoms with Crippen LogP contribution in [0.1, 0.15) is 96.8 Å². The van der Waals surface area contributed by atoms with Crippen molar-refractivity contribution in [3.8, 4) is 11.5 Å². The van der Waals surface area contributed by atoms with E-state index < -0.39 is 7.82 Å². The molecule has 0 amide bonds. The Kier molecular flexibility index (Phi) is 14.9. The number of hydrogen-bond donors (Lipinski definition) is 0. The summed E-state index contributed by atoms with van der Waals surface area (Å²) in [4.78, 5) is 0. The third-order valence-electron chi connectivity index (χ3n) is 6.69. The number of phosphoric acid groups is 1. The van der Waals surface area contributed by atoms with Crippen molar-refractivity contribution in [3.63, 3.8) is 0 Å². The van der Waals surface area contributed by atoms with Gasteiger partial charge in [0.25, 0.3) is 0 Å². The monoisotopic (exact) mass is 546 g/mol. The van der Waals surface area contributed by atoms with Gasteiger partial charge >= 0.3 is 7.82 Å². The predicted molar refractivity (Wildman–Crippen MR) is 153 cm³/mol. The Balaban J connectivity index is 1.27. The van der Waals surface area contributed by atoms with Gasteiger partial charge in [-0.25, -0.2) is 4.57 Å². The van der Waals surface area contributed by atoms with Crippen molar-refractivity contribution in [1.29, 1.82) is 0 Å². The van der Waals surface area contributed by atoms with Crippen LogP contribution in [0.5, 0.6) is 11.5 Å². The van der Waals surface area contributed by atoms with Crippen LogP contribution in [0.15, 0.2) is 60.7 Å². The van der Waals surface area contributed by atoms with Crippen LogP contribution in [0, 0.1) is 0 Å². The second kappa shape index (κ2) is 18.4. The normalized spacial score (nSPS) is 17.5. The number of phosphoric ester groups is 1. The lowest BCUT2D eigenvalue weighted by molar-refractivity contribution is -0.0696. The first-order valence-electron chi connectivity index (χ1n) is 14.7. The molecule has 0 unspecified atom stereocenters. The summed E-state index contributed by atoms with van der Waals surface area (Å²) >= 11 is 0. The minimum Gasteiger partial charge on any atom is -0.395 e. The maximum atomic E-state index is 13.4. The third kappa shape index (κ3) is 12.8. The largest absolute Gasteiger partial charge is 0.587 e. The second-order valence-corrected chi connectivity index (χ2v) is 11.6. The lowest BCUT2D eigenvalue weighted by Gasteiger charge is -2.20. The lowest BCUT2D eigenvalue weighted by atomic mass is 10.0. The fourth-order valence-electron chi connectivity index (χ4n) is 4.54. The van der Waals surface area contributed by atoms with Gasteiger partial charge in [-0.1, -0.05) is 120 Å². The summed E-state index contributed by atoms with van der Waals surface area (Å²) in [5.41, 5.74) is 0. The summed E-state index contributed by atoms with van der Waals surface area (Å²) in [5.74, 6) is 0.825. The number of benzene rings is 2. The third-order valence-corrected chi connectivity index (χ3v) is 8.03. The summed E-state index contributed by atoms with van der Waals surface area (Å²) in [6.45, 7) is 2.74. The van der Waals surface area contributed by atoms with Gasteiger partial charge in [-0.05, 0) is 37.1 Å². The Bertz CT molecular complexity index is 848. The topological polar surface area (TPSA) is 63.2 Å². The Labute approximate surface area is 230 Å². The molecule has 2 atom stereocenters. The lowest BCUT2D eigenvalue weighted by Crippen LogP contribution is -2.20. The van der Waals surface area contributed by atoms with E-state index in [0.29, 0.717) is 18.1 Å². The zero-order valence-electron chi connectivity index (χ0n) is 23.1. The highest BCUT2D eigenvalue weighted by Gasteiger charge is 2.34. The predicted octanol–water partition coefficient (Wildman–Crippen LogP) is 9.49. The van der Waals surface area contributed by atoms with Crippen LogP contribution in [-0.4, -0.2) is 25.6 Å². The van der Waals surface area contributed by atoms with E-state index >= 15 is 0 Å². The molecule has 0 N–H and O–H groups in total. The van der Waals surface area contributed by atoms with Crippen LogP contribution in [0.2, 0.25) is 0 Å². The van der Waals surface area contributed by atoms with Gasteiger partial charge in [0.1, 0.15) is 17.6 Å². The molecule has 7 heteroatoms. The standard InChI is InChI=1S/C31H47O6P/c1-2-3-4-5-6-7-8-9-10-11-12-13-20-25-31-33-26-30(35-31)27-34-38(32,36-28-21-16-14-17-22-28)37-29-23-18-15-19-24-29/h14-19,21-24,30-31H,2-13,20,25-27H2,1H3/t30-,31+/m0/s1. The van der Waals surface area contributed by atoms with Crippen molar-refractivity contribution < 1.29 is 27.6 Å². The molecule has 1 heterocycles. The summed E-state index contributed by atoms with van der Waals surface area (Å²) < 4.78 is 42.2. The van der Waals surface area contributed by atoms with Crippen LogP contribution >= 0.6 is 7.82 Å². The van der Waals surface area contributed by atoms with Gasteiger partial charge in [-0.2, -0.15) is 0 Å². The number of ether oxygens (including phenoxy) is 2. The number of rotatable bonds is 21. The maximum absolute atomic E-state index is 13.4. The van der Waals surface area contributed by atoms with Gasteiger partial charge < -0.3 is 18.5 Å². The zero-order chi connectivity index (χ0) is 26.7. The molecule has 0 radical (unpaired) electrons. The highest BCUT2D eigenvalue weighted by Crippen LogP contribution is 2.49. The van der Waals surface area contributed by atoms with Crippen LogP contribution in [0.3, 0.4) is 0 Å². The average Bonchev–Trinajstić information content (AvgIpc) is 3.39. The molecule has 2 aromatic rings. The first-order valence-corrected chi connectivity index (χ1v) is 16.1. The minimum atomic E-state index is -3.92. The summed E-state index contributed by atoms with van der Waals surface area (Å²) in [5, 5.41) is 0. The summed E-state index contributed by atoms with van der Waals surface area (Å²) in [7, 11) is -3.92. The average molecular weight is 547 g/mol. The van der Waals surface area contributed by atoms with E-state index in [1.807, 2.05) is 12.1 Å². The van der Waals surface area contributed by atoms with Crippen LogP contribution < -0.4 is 9.05 Å². The van der Waals surface area contributed by atoms with Crippen molar-refractivity contribution in [1.82, 2.24) is 0 Å². The highest BCUT2D eigenvalue weighted by atomic mass is 31.2. The number of hydrogen-bond acceptors (Lipinski definition) is 6. The molecule has 0 aromatic heterocycles. The summed E-state index contributed by atoms with van der Waals surface area (Å²) in [6, 6.07) is 17.8. The molecule has 212 valence electrons. The van der Waals surface area contributed by atoms with Crippen molar-refractivity contribution in [2.24, 2.45) is 0 Å². The summed E-state index contributed by atoms with van der Waals surface area (Å²) in [6.07, 6.45) is 17.6. The Morgan fingerprint density at radius 3 is 1.68 bits per heavy atom. The van der Waals surface area contributed by atoms with Gasteiger partial charge in [-0.15, -0.1) is 0 Å². The molecule has 38 heavy (non-hydrogen) atoms.